The van der Waals surface area contributed by atoms with E-state index in [1.54, 1.807) is 26.2 Å². The van der Waals surface area contributed by atoms with E-state index in [9.17, 15) is 5.11 Å². The molecule has 0 aliphatic carbocycles. The molecule has 0 aromatic heterocycles. The van der Waals surface area contributed by atoms with Gasteiger partial charge in [-0.1, -0.05) is 0 Å². The van der Waals surface area contributed by atoms with E-state index in [-0.39, 0.29) is 12.4 Å². The molecule has 2 atom stereocenters. The molecule has 0 unspecified atom stereocenters. The van der Waals surface area contributed by atoms with Gasteiger partial charge in [0, 0.05) is 12.1 Å². The predicted octanol–water partition coefficient (Wildman–Crippen LogP) is 1.51. The van der Waals surface area contributed by atoms with Crippen molar-refractivity contribution in [3.05, 3.63) is 17.7 Å². The molecule has 0 heterocycles. The maximum Gasteiger partial charge on any atom is 0.131 e. The summed E-state index contributed by atoms with van der Waals surface area (Å²) >= 11 is 0. The Bertz CT molecular complexity index is 359. The van der Waals surface area contributed by atoms with Crippen LogP contribution in [0.1, 0.15) is 18.5 Å². The minimum absolute atomic E-state index is 0. The second kappa shape index (κ2) is 7.31. The Morgan fingerprint density at radius 2 is 1.50 bits per heavy atom. The molecule has 0 bridgehead atoms. The first-order valence-corrected chi connectivity index (χ1v) is 5.28. The number of hydrogen-bond acceptors (Lipinski definition) is 5. The van der Waals surface area contributed by atoms with Crippen molar-refractivity contribution in [2.75, 3.05) is 21.3 Å². The minimum Gasteiger partial charge on any atom is -0.496 e. The molecule has 1 aromatic rings. The van der Waals surface area contributed by atoms with Crippen LogP contribution >= 0.6 is 12.4 Å². The molecule has 0 saturated carbocycles. The summed E-state index contributed by atoms with van der Waals surface area (Å²) in [5.41, 5.74) is 6.56. The minimum atomic E-state index is -0.703. The Morgan fingerprint density at radius 3 is 1.78 bits per heavy atom. The predicted molar refractivity (Wildman–Crippen MR) is 72.0 cm³/mol. The van der Waals surface area contributed by atoms with Gasteiger partial charge in [0.15, 0.2) is 0 Å². The highest BCUT2D eigenvalue weighted by Crippen LogP contribution is 2.38. The van der Waals surface area contributed by atoms with Crippen LogP contribution in [0.5, 0.6) is 17.2 Å². The van der Waals surface area contributed by atoms with Crippen molar-refractivity contribution in [1.29, 1.82) is 0 Å². The van der Waals surface area contributed by atoms with Gasteiger partial charge in [0.05, 0.1) is 39.0 Å². The third-order valence-electron chi connectivity index (χ3n) is 2.61. The Kier molecular flexibility index (Phi) is 6.83. The van der Waals surface area contributed by atoms with Crippen LogP contribution in [0.15, 0.2) is 12.1 Å². The first-order chi connectivity index (χ1) is 8.04. The molecule has 1 aromatic carbocycles. The number of aliphatic hydroxyl groups excluding tert-OH is 1. The number of benzene rings is 1. The zero-order chi connectivity index (χ0) is 13.0. The second-order valence-corrected chi connectivity index (χ2v) is 3.71. The quantitative estimate of drug-likeness (QED) is 0.853. The number of rotatable bonds is 5. The number of nitrogens with two attached hydrogens (primary N) is 1. The fourth-order valence-corrected chi connectivity index (χ4v) is 1.60. The average molecular weight is 278 g/mol. The van der Waals surface area contributed by atoms with Crippen LogP contribution in [0.3, 0.4) is 0 Å². The van der Waals surface area contributed by atoms with Crippen LogP contribution < -0.4 is 19.9 Å². The van der Waals surface area contributed by atoms with Gasteiger partial charge in [0.25, 0.3) is 0 Å². The Balaban J connectivity index is 0.00000289. The third kappa shape index (κ3) is 3.41. The first-order valence-electron chi connectivity index (χ1n) is 5.28. The summed E-state index contributed by atoms with van der Waals surface area (Å²) in [6, 6.07) is 2.84. The van der Waals surface area contributed by atoms with Crippen LogP contribution in [0.4, 0.5) is 0 Å². The lowest BCUT2D eigenvalue weighted by atomic mass is 10.0. The van der Waals surface area contributed by atoms with E-state index >= 15 is 0 Å². The molecule has 1 rings (SSSR count). The van der Waals surface area contributed by atoms with E-state index in [1.807, 2.05) is 0 Å². The fraction of sp³-hybridized carbons (Fsp3) is 0.500. The maximum atomic E-state index is 9.57. The SMILES string of the molecule is COc1cc(OC)c([C@H](N)[C@@H](C)O)c(OC)c1.Cl. The smallest absolute Gasteiger partial charge is 0.131 e. The number of ether oxygens (including phenoxy) is 3. The summed E-state index contributed by atoms with van der Waals surface area (Å²) in [5, 5.41) is 9.57. The van der Waals surface area contributed by atoms with Crippen LogP contribution in [0.25, 0.3) is 0 Å². The maximum absolute atomic E-state index is 9.57. The van der Waals surface area contributed by atoms with Crippen molar-refractivity contribution in [3.8, 4) is 17.2 Å². The summed E-state index contributed by atoms with van der Waals surface area (Å²) in [6.45, 7) is 1.62. The Morgan fingerprint density at radius 1 is 1.06 bits per heavy atom. The van der Waals surface area contributed by atoms with Crippen molar-refractivity contribution in [3.63, 3.8) is 0 Å². The van der Waals surface area contributed by atoms with Crippen LogP contribution in [0, 0.1) is 0 Å². The summed E-state index contributed by atoms with van der Waals surface area (Å²) < 4.78 is 15.6. The van der Waals surface area contributed by atoms with Crippen LogP contribution in [-0.4, -0.2) is 32.5 Å². The van der Waals surface area contributed by atoms with Crippen LogP contribution in [-0.2, 0) is 0 Å². The molecule has 0 aliphatic heterocycles. The summed E-state index contributed by atoms with van der Waals surface area (Å²) in [5.74, 6) is 1.68. The monoisotopic (exact) mass is 277 g/mol. The number of halogens is 1. The highest BCUT2D eigenvalue weighted by atomic mass is 35.5. The van der Waals surface area contributed by atoms with Crippen LogP contribution in [0.2, 0.25) is 0 Å². The van der Waals surface area contributed by atoms with Gasteiger partial charge >= 0.3 is 0 Å². The van der Waals surface area contributed by atoms with E-state index in [0.717, 1.165) is 0 Å². The molecule has 6 heteroatoms. The van der Waals surface area contributed by atoms with Crippen molar-refractivity contribution >= 4 is 12.4 Å². The largest absolute Gasteiger partial charge is 0.496 e. The van der Waals surface area contributed by atoms with E-state index in [1.165, 1.54) is 14.2 Å². The van der Waals surface area contributed by atoms with Crippen molar-refractivity contribution in [2.45, 2.75) is 19.1 Å². The fourth-order valence-electron chi connectivity index (χ4n) is 1.60. The van der Waals surface area contributed by atoms with E-state index in [0.29, 0.717) is 22.8 Å². The van der Waals surface area contributed by atoms with Gasteiger partial charge in [-0.25, -0.2) is 0 Å². The van der Waals surface area contributed by atoms with Gasteiger partial charge in [-0.2, -0.15) is 0 Å². The van der Waals surface area contributed by atoms with Gasteiger partial charge in [-0.05, 0) is 6.92 Å². The Hall–Kier alpha value is -1.17. The lowest BCUT2D eigenvalue weighted by Crippen LogP contribution is -2.24. The molecule has 18 heavy (non-hydrogen) atoms. The second-order valence-electron chi connectivity index (χ2n) is 3.71. The first kappa shape index (κ1) is 16.8. The van der Waals surface area contributed by atoms with E-state index < -0.39 is 12.1 Å². The van der Waals surface area contributed by atoms with Gasteiger partial charge in [-0.3, -0.25) is 0 Å². The van der Waals surface area contributed by atoms with Crippen molar-refractivity contribution in [1.82, 2.24) is 0 Å². The van der Waals surface area contributed by atoms with E-state index in [4.69, 9.17) is 19.9 Å². The molecular weight excluding hydrogens is 258 g/mol. The highest BCUT2D eigenvalue weighted by Gasteiger charge is 2.22. The molecule has 0 saturated heterocycles. The highest BCUT2D eigenvalue weighted by molar-refractivity contribution is 5.85. The summed E-state index contributed by atoms with van der Waals surface area (Å²) in [7, 11) is 4.63. The lowest BCUT2D eigenvalue weighted by molar-refractivity contribution is 0.161. The molecular formula is C12H20ClNO4. The molecule has 0 radical (unpaired) electrons. The number of methoxy groups -OCH3 is 3. The number of aliphatic hydroxyl groups is 1. The molecule has 5 nitrogen and oxygen atoms in total. The Labute approximate surface area is 113 Å². The van der Waals surface area contributed by atoms with Crippen molar-refractivity contribution in [2.24, 2.45) is 5.73 Å². The van der Waals surface area contributed by atoms with E-state index in [2.05, 4.69) is 0 Å². The summed E-state index contributed by atoms with van der Waals surface area (Å²) in [6.07, 6.45) is -0.703. The van der Waals surface area contributed by atoms with Gasteiger partial charge in [0.2, 0.25) is 0 Å². The molecule has 104 valence electrons. The molecule has 0 amide bonds. The van der Waals surface area contributed by atoms with Crippen molar-refractivity contribution < 1.29 is 19.3 Å². The molecule has 0 aliphatic rings. The van der Waals surface area contributed by atoms with Gasteiger partial charge in [0.1, 0.15) is 17.2 Å². The normalized spacial score (nSPS) is 13.2. The topological polar surface area (TPSA) is 73.9 Å². The molecule has 3 N–H and O–H groups in total. The standard InChI is InChI=1S/C12H19NO4.ClH/c1-7(14)12(13)11-9(16-3)5-8(15-2)6-10(11)17-4;/h5-7,12,14H,13H2,1-4H3;1H/t7-,12-;/m1./s1. The lowest BCUT2D eigenvalue weighted by Gasteiger charge is -2.21. The van der Waals surface area contributed by atoms with Gasteiger partial charge in [-0.15, -0.1) is 12.4 Å². The average Bonchev–Trinajstić information content (AvgIpc) is 2.35. The molecule has 0 fully saturated rings. The zero-order valence-electron chi connectivity index (χ0n) is 11.0. The summed E-state index contributed by atoms with van der Waals surface area (Å²) in [4.78, 5) is 0. The third-order valence-corrected chi connectivity index (χ3v) is 2.61. The molecule has 0 spiro atoms. The zero-order valence-corrected chi connectivity index (χ0v) is 11.8. The number of hydrogen-bond donors (Lipinski definition) is 2. The van der Waals surface area contributed by atoms with Gasteiger partial charge < -0.3 is 25.1 Å².